The highest BCUT2D eigenvalue weighted by Gasteiger charge is 2.22. The van der Waals surface area contributed by atoms with Crippen molar-refractivity contribution >= 4 is 17.0 Å². The molecule has 3 aromatic rings. The number of aromatic nitrogens is 3. The van der Waals surface area contributed by atoms with E-state index < -0.39 is 0 Å². The van der Waals surface area contributed by atoms with E-state index in [0.717, 1.165) is 29.0 Å². The van der Waals surface area contributed by atoms with E-state index in [-0.39, 0.29) is 11.9 Å². The fourth-order valence-electron chi connectivity index (χ4n) is 2.74. The van der Waals surface area contributed by atoms with Gasteiger partial charge in [0.25, 0.3) is 5.91 Å². The van der Waals surface area contributed by atoms with Crippen LogP contribution in [-0.2, 0) is 6.54 Å². The molecule has 0 saturated heterocycles. The van der Waals surface area contributed by atoms with Gasteiger partial charge in [-0.05, 0) is 39.8 Å². The third-order valence-electron chi connectivity index (χ3n) is 3.94. The molecule has 1 aromatic carbocycles. The summed E-state index contributed by atoms with van der Waals surface area (Å²) < 4.78 is 7.53. The van der Waals surface area contributed by atoms with Crippen molar-refractivity contribution in [2.75, 3.05) is 0 Å². The van der Waals surface area contributed by atoms with Crippen molar-refractivity contribution < 1.29 is 9.21 Å². The summed E-state index contributed by atoms with van der Waals surface area (Å²) in [5, 5.41) is 7.33. The Morgan fingerprint density at radius 2 is 2.09 bits per heavy atom. The second kappa shape index (κ2) is 5.87. The quantitative estimate of drug-likeness (QED) is 0.803. The molecule has 6 nitrogen and oxygen atoms in total. The summed E-state index contributed by atoms with van der Waals surface area (Å²) in [4.78, 5) is 17.0. The lowest BCUT2D eigenvalue weighted by Gasteiger charge is -2.10. The van der Waals surface area contributed by atoms with E-state index in [1.807, 2.05) is 56.6 Å². The van der Waals surface area contributed by atoms with E-state index in [4.69, 9.17) is 4.42 Å². The summed E-state index contributed by atoms with van der Waals surface area (Å²) >= 11 is 0. The van der Waals surface area contributed by atoms with Crippen molar-refractivity contribution in [2.24, 2.45) is 0 Å². The highest BCUT2D eigenvalue weighted by atomic mass is 16.3. The first-order valence-corrected chi connectivity index (χ1v) is 7.71. The number of oxazole rings is 1. The number of para-hydroxylation sites is 2. The first-order chi connectivity index (χ1) is 11.0. The third kappa shape index (κ3) is 2.72. The summed E-state index contributed by atoms with van der Waals surface area (Å²) in [7, 11) is 0. The van der Waals surface area contributed by atoms with Crippen molar-refractivity contribution in [2.45, 2.75) is 40.3 Å². The summed E-state index contributed by atoms with van der Waals surface area (Å²) in [6.45, 7) is 8.35. The zero-order valence-corrected chi connectivity index (χ0v) is 13.8. The molecule has 0 radical (unpaired) electrons. The number of hydrogen-bond acceptors (Lipinski definition) is 4. The Bertz CT molecular complexity index is 830. The van der Waals surface area contributed by atoms with E-state index in [9.17, 15) is 4.79 Å². The van der Waals surface area contributed by atoms with E-state index in [1.165, 1.54) is 0 Å². The molecule has 0 aliphatic rings. The van der Waals surface area contributed by atoms with E-state index in [2.05, 4.69) is 15.4 Å². The number of rotatable bonds is 4. The van der Waals surface area contributed by atoms with Gasteiger partial charge in [0, 0.05) is 12.2 Å². The van der Waals surface area contributed by atoms with Crippen molar-refractivity contribution in [3.05, 3.63) is 47.1 Å². The minimum Gasteiger partial charge on any atom is -0.438 e. The van der Waals surface area contributed by atoms with Gasteiger partial charge in [-0.15, -0.1) is 0 Å². The Kier molecular flexibility index (Phi) is 3.90. The van der Waals surface area contributed by atoms with Gasteiger partial charge in [0.05, 0.1) is 11.3 Å². The monoisotopic (exact) mass is 312 g/mol. The number of carbonyl (C=O) groups excluding carboxylic acids is 1. The molecular formula is C17H20N4O2. The lowest BCUT2D eigenvalue weighted by atomic mass is 10.1. The van der Waals surface area contributed by atoms with E-state index in [0.29, 0.717) is 11.5 Å². The molecule has 0 aliphatic carbocycles. The zero-order valence-electron chi connectivity index (χ0n) is 13.8. The zero-order chi connectivity index (χ0) is 16.6. The first-order valence-electron chi connectivity index (χ1n) is 7.71. The van der Waals surface area contributed by atoms with Gasteiger partial charge in [0.1, 0.15) is 11.6 Å². The van der Waals surface area contributed by atoms with Gasteiger partial charge >= 0.3 is 0 Å². The van der Waals surface area contributed by atoms with Gasteiger partial charge in [0.15, 0.2) is 5.58 Å². The Morgan fingerprint density at radius 1 is 1.35 bits per heavy atom. The maximum absolute atomic E-state index is 12.6. The van der Waals surface area contributed by atoms with Crippen LogP contribution in [0.15, 0.2) is 28.7 Å². The summed E-state index contributed by atoms with van der Waals surface area (Å²) in [6.07, 6.45) is 0. The maximum Gasteiger partial charge on any atom is 0.255 e. The standard InChI is InChI=1S/C17H20N4O2/c1-5-21-12(4)15(10(2)20-21)16(22)18-11(3)17-19-13-8-6-7-9-14(13)23-17/h6-9,11H,5H2,1-4H3,(H,18,22). The lowest BCUT2D eigenvalue weighted by molar-refractivity contribution is 0.0933. The molecule has 0 saturated carbocycles. The third-order valence-corrected chi connectivity index (χ3v) is 3.94. The number of amides is 1. The van der Waals surface area contributed by atoms with Crippen LogP contribution in [0.1, 0.15) is 47.5 Å². The molecule has 0 spiro atoms. The van der Waals surface area contributed by atoms with Crippen LogP contribution < -0.4 is 5.32 Å². The van der Waals surface area contributed by atoms with Crippen LogP contribution in [0.2, 0.25) is 0 Å². The van der Waals surface area contributed by atoms with Gasteiger partial charge in [-0.25, -0.2) is 4.98 Å². The van der Waals surface area contributed by atoms with Crippen molar-refractivity contribution in [1.82, 2.24) is 20.1 Å². The highest BCUT2D eigenvalue weighted by molar-refractivity contribution is 5.96. The van der Waals surface area contributed by atoms with Gasteiger partial charge in [-0.1, -0.05) is 12.1 Å². The maximum atomic E-state index is 12.6. The molecular weight excluding hydrogens is 292 g/mol. The minimum absolute atomic E-state index is 0.158. The number of fused-ring (bicyclic) bond motifs is 1. The average Bonchev–Trinajstić information content (AvgIpc) is 3.08. The molecule has 0 fully saturated rings. The molecule has 6 heteroatoms. The Balaban J connectivity index is 1.83. The number of carbonyl (C=O) groups is 1. The molecule has 2 heterocycles. The van der Waals surface area contributed by atoms with Crippen LogP contribution in [-0.4, -0.2) is 20.7 Å². The van der Waals surface area contributed by atoms with E-state index >= 15 is 0 Å². The average molecular weight is 312 g/mol. The minimum atomic E-state index is -0.321. The SMILES string of the molecule is CCn1nc(C)c(C(=O)NC(C)c2nc3ccccc3o2)c1C. The summed E-state index contributed by atoms with van der Waals surface area (Å²) in [6, 6.07) is 7.23. The largest absolute Gasteiger partial charge is 0.438 e. The van der Waals surface area contributed by atoms with E-state index in [1.54, 1.807) is 0 Å². The smallest absolute Gasteiger partial charge is 0.255 e. The van der Waals surface area contributed by atoms with Crippen LogP contribution in [0.4, 0.5) is 0 Å². The van der Waals surface area contributed by atoms with Crippen molar-refractivity contribution in [1.29, 1.82) is 0 Å². The summed E-state index contributed by atoms with van der Waals surface area (Å²) in [5.41, 5.74) is 3.72. The predicted molar refractivity (Wildman–Crippen MR) is 87.3 cm³/mol. The topological polar surface area (TPSA) is 73.0 Å². The normalized spacial score (nSPS) is 12.5. The van der Waals surface area contributed by atoms with Gasteiger partial charge in [0.2, 0.25) is 5.89 Å². The molecule has 1 amide bonds. The molecule has 23 heavy (non-hydrogen) atoms. The van der Waals surface area contributed by atoms with Gasteiger partial charge in [-0.3, -0.25) is 9.48 Å². The molecule has 1 N–H and O–H groups in total. The van der Waals surface area contributed by atoms with Crippen LogP contribution >= 0.6 is 0 Å². The first kappa shape index (κ1) is 15.3. The predicted octanol–water partition coefficient (Wildman–Crippen LogP) is 3.15. The molecule has 120 valence electrons. The molecule has 3 rings (SSSR count). The molecule has 0 aliphatic heterocycles. The number of nitrogens with one attached hydrogen (secondary N) is 1. The fourth-order valence-corrected chi connectivity index (χ4v) is 2.74. The lowest BCUT2D eigenvalue weighted by Crippen LogP contribution is -2.27. The van der Waals surface area contributed by atoms with Crippen LogP contribution in [0.3, 0.4) is 0 Å². The van der Waals surface area contributed by atoms with Gasteiger partial charge < -0.3 is 9.73 Å². The number of hydrogen-bond donors (Lipinski definition) is 1. The van der Waals surface area contributed by atoms with Crippen molar-refractivity contribution in [3.8, 4) is 0 Å². The summed E-state index contributed by atoms with van der Waals surface area (Å²) in [5.74, 6) is 0.340. The number of benzene rings is 1. The van der Waals surface area contributed by atoms with Crippen LogP contribution in [0, 0.1) is 13.8 Å². The Labute approximate surface area is 134 Å². The molecule has 1 unspecified atom stereocenters. The van der Waals surface area contributed by atoms with Crippen LogP contribution in [0.25, 0.3) is 11.1 Å². The van der Waals surface area contributed by atoms with Crippen molar-refractivity contribution in [3.63, 3.8) is 0 Å². The second-order valence-corrected chi connectivity index (χ2v) is 5.58. The number of aryl methyl sites for hydroxylation is 2. The molecule has 0 bridgehead atoms. The Hall–Kier alpha value is -2.63. The number of nitrogens with zero attached hydrogens (tertiary/aromatic N) is 3. The highest BCUT2D eigenvalue weighted by Crippen LogP contribution is 2.21. The second-order valence-electron chi connectivity index (χ2n) is 5.58. The van der Waals surface area contributed by atoms with Gasteiger partial charge in [-0.2, -0.15) is 5.10 Å². The molecule has 1 atom stereocenters. The molecule has 2 aromatic heterocycles. The van der Waals surface area contributed by atoms with Crippen LogP contribution in [0.5, 0.6) is 0 Å². The fraction of sp³-hybridized carbons (Fsp3) is 0.353. The Morgan fingerprint density at radius 3 is 2.74 bits per heavy atom.